The molecule has 0 fully saturated rings. The summed E-state index contributed by atoms with van der Waals surface area (Å²) in [7, 11) is 3.78. The molecule has 0 aliphatic heterocycles. The molecule has 0 saturated carbocycles. The third-order valence-electron chi connectivity index (χ3n) is 2.70. The van der Waals surface area contributed by atoms with Gasteiger partial charge in [0.2, 0.25) is 0 Å². The van der Waals surface area contributed by atoms with Gasteiger partial charge in [-0.25, -0.2) is 0 Å². The van der Waals surface area contributed by atoms with Crippen LogP contribution in [0.4, 0.5) is 0 Å². The number of halogens is 1. The van der Waals surface area contributed by atoms with Gasteiger partial charge in [-0.15, -0.1) is 0 Å². The monoisotopic (exact) mass is 285 g/mol. The largest absolute Gasteiger partial charge is 0.385 e. The topological polar surface area (TPSA) is 21.3 Å². The van der Waals surface area contributed by atoms with Crippen LogP contribution in [0, 0.1) is 0 Å². The van der Waals surface area contributed by atoms with Crippen LogP contribution in [0.25, 0.3) is 0 Å². The Morgan fingerprint density at radius 2 is 2.00 bits per heavy atom. The third-order valence-corrected chi connectivity index (χ3v) is 3.23. The molecule has 90 valence electrons. The molecule has 0 bridgehead atoms. The maximum absolute atomic E-state index is 5.07. The lowest BCUT2D eigenvalue weighted by atomic mass is 10.0. The quantitative estimate of drug-likeness (QED) is 0.778. The van der Waals surface area contributed by atoms with E-state index in [2.05, 4.69) is 45.5 Å². The number of benzene rings is 1. The van der Waals surface area contributed by atoms with E-state index >= 15 is 0 Å². The van der Waals surface area contributed by atoms with Gasteiger partial charge in [0.05, 0.1) is 0 Å². The first kappa shape index (κ1) is 13.7. The fraction of sp³-hybridized carbons (Fsp3) is 0.538. The van der Waals surface area contributed by atoms with Gasteiger partial charge in [-0.2, -0.15) is 0 Å². The molecule has 16 heavy (non-hydrogen) atoms. The molecular weight excluding hydrogens is 266 g/mol. The molecule has 1 N–H and O–H groups in total. The minimum absolute atomic E-state index is 0.538. The van der Waals surface area contributed by atoms with Crippen LogP contribution in [0.5, 0.6) is 0 Å². The van der Waals surface area contributed by atoms with Gasteiger partial charge >= 0.3 is 0 Å². The molecule has 0 saturated heterocycles. The van der Waals surface area contributed by atoms with Gasteiger partial charge in [0.15, 0.2) is 0 Å². The van der Waals surface area contributed by atoms with Gasteiger partial charge in [-0.05, 0) is 44.0 Å². The van der Waals surface area contributed by atoms with Crippen molar-refractivity contribution in [2.24, 2.45) is 0 Å². The summed E-state index contributed by atoms with van der Waals surface area (Å²) in [6.45, 7) is 0.846. The predicted molar refractivity (Wildman–Crippen MR) is 71.8 cm³/mol. The maximum atomic E-state index is 5.07. The van der Waals surface area contributed by atoms with E-state index in [9.17, 15) is 0 Å². The summed E-state index contributed by atoms with van der Waals surface area (Å²) in [6, 6.07) is 9.07. The molecule has 2 nitrogen and oxygen atoms in total. The maximum Gasteiger partial charge on any atom is 0.0462 e. The molecule has 1 aromatic rings. The third kappa shape index (κ3) is 5.10. The minimum Gasteiger partial charge on any atom is -0.385 e. The summed E-state index contributed by atoms with van der Waals surface area (Å²) >= 11 is 3.45. The Balaban J connectivity index is 2.40. The Bertz CT molecular complexity index is 286. The van der Waals surface area contributed by atoms with Crippen LogP contribution in [0.2, 0.25) is 0 Å². The van der Waals surface area contributed by atoms with Crippen molar-refractivity contribution in [1.29, 1.82) is 0 Å². The average molecular weight is 286 g/mol. The molecule has 1 atom stereocenters. The van der Waals surface area contributed by atoms with E-state index in [4.69, 9.17) is 4.74 Å². The normalized spacial score (nSPS) is 12.7. The minimum atomic E-state index is 0.538. The zero-order chi connectivity index (χ0) is 11.8. The van der Waals surface area contributed by atoms with E-state index in [1.54, 1.807) is 7.11 Å². The van der Waals surface area contributed by atoms with E-state index in [-0.39, 0.29) is 0 Å². The number of methoxy groups -OCH3 is 1. The Labute approximate surface area is 107 Å². The number of hydrogen-bond donors (Lipinski definition) is 1. The van der Waals surface area contributed by atoms with Crippen molar-refractivity contribution < 1.29 is 4.74 Å². The summed E-state index contributed by atoms with van der Waals surface area (Å²) in [5, 5.41) is 3.36. The van der Waals surface area contributed by atoms with E-state index in [0.717, 1.165) is 30.3 Å². The van der Waals surface area contributed by atoms with Crippen LogP contribution in [-0.2, 0) is 11.2 Å². The lowest BCUT2D eigenvalue weighted by Gasteiger charge is -2.16. The van der Waals surface area contributed by atoms with Gasteiger partial charge in [0, 0.05) is 24.2 Å². The van der Waals surface area contributed by atoms with Gasteiger partial charge in [0.1, 0.15) is 0 Å². The highest BCUT2D eigenvalue weighted by Gasteiger charge is 2.06. The van der Waals surface area contributed by atoms with Crippen LogP contribution in [0.15, 0.2) is 28.7 Å². The molecule has 0 aromatic heterocycles. The average Bonchev–Trinajstić information content (AvgIpc) is 2.31. The highest BCUT2D eigenvalue weighted by molar-refractivity contribution is 9.10. The Hall–Kier alpha value is -0.380. The molecule has 0 heterocycles. The van der Waals surface area contributed by atoms with Crippen LogP contribution in [0.1, 0.15) is 18.4 Å². The second kappa shape index (κ2) is 7.82. The number of hydrogen-bond acceptors (Lipinski definition) is 2. The van der Waals surface area contributed by atoms with E-state index in [1.165, 1.54) is 5.56 Å². The van der Waals surface area contributed by atoms with Crippen LogP contribution in [0.3, 0.4) is 0 Å². The molecule has 0 radical (unpaired) electrons. The van der Waals surface area contributed by atoms with Gasteiger partial charge in [-0.3, -0.25) is 0 Å². The van der Waals surface area contributed by atoms with Crippen molar-refractivity contribution in [2.75, 3.05) is 20.8 Å². The SMILES string of the molecule is CNC(CCCOC)Cc1ccc(Br)cc1. The van der Waals surface area contributed by atoms with Gasteiger partial charge < -0.3 is 10.1 Å². The lowest BCUT2D eigenvalue weighted by Crippen LogP contribution is -2.27. The second-order valence-corrected chi connectivity index (χ2v) is 4.87. The summed E-state index contributed by atoms with van der Waals surface area (Å²) in [6.07, 6.45) is 3.34. The van der Waals surface area contributed by atoms with Gasteiger partial charge in [-0.1, -0.05) is 28.1 Å². The molecule has 1 rings (SSSR count). The Kier molecular flexibility index (Phi) is 6.69. The Morgan fingerprint density at radius 3 is 2.56 bits per heavy atom. The fourth-order valence-corrected chi connectivity index (χ4v) is 1.99. The van der Waals surface area contributed by atoms with E-state index in [1.807, 2.05) is 7.05 Å². The summed E-state index contributed by atoms with van der Waals surface area (Å²) in [4.78, 5) is 0. The van der Waals surface area contributed by atoms with Crippen LogP contribution < -0.4 is 5.32 Å². The molecule has 1 unspecified atom stereocenters. The first-order valence-electron chi connectivity index (χ1n) is 5.67. The highest BCUT2D eigenvalue weighted by atomic mass is 79.9. The van der Waals surface area contributed by atoms with Crippen molar-refractivity contribution in [2.45, 2.75) is 25.3 Å². The predicted octanol–water partition coefficient (Wildman–Crippen LogP) is 3.01. The fourth-order valence-electron chi connectivity index (χ4n) is 1.73. The van der Waals surface area contributed by atoms with E-state index < -0.39 is 0 Å². The van der Waals surface area contributed by atoms with E-state index in [0.29, 0.717) is 6.04 Å². The molecule has 0 amide bonds. The van der Waals surface area contributed by atoms with Crippen molar-refractivity contribution in [3.63, 3.8) is 0 Å². The number of rotatable bonds is 7. The van der Waals surface area contributed by atoms with Crippen molar-refractivity contribution in [3.05, 3.63) is 34.3 Å². The smallest absolute Gasteiger partial charge is 0.0462 e. The van der Waals surface area contributed by atoms with Crippen molar-refractivity contribution in [3.8, 4) is 0 Å². The molecular formula is C13H20BrNO. The molecule has 0 spiro atoms. The zero-order valence-electron chi connectivity index (χ0n) is 10.0. The number of ether oxygens (including phenoxy) is 1. The summed E-state index contributed by atoms with van der Waals surface area (Å²) < 4.78 is 6.20. The summed E-state index contributed by atoms with van der Waals surface area (Å²) in [5.41, 5.74) is 1.37. The first-order valence-corrected chi connectivity index (χ1v) is 6.46. The number of nitrogens with one attached hydrogen (secondary N) is 1. The van der Waals surface area contributed by atoms with Gasteiger partial charge in [0.25, 0.3) is 0 Å². The Morgan fingerprint density at radius 1 is 1.31 bits per heavy atom. The second-order valence-electron chi connectivity index (χ2n) is 3.95. The first-order chi connectivity index (χ1) is 7.76. The van der Waals surface area contributed by atoms with Crippen molar-refractivity contribution >= 4 is 15.9 Å². The highest BCUT2D eigenvalue weighted by Crippen LogP contribution is 2.13. The molecule has 0 aliphatic carbocycles. The van der Waals surface area contributed by atoms with Crippen LogP contribution in [-0.4, -0.2) is 26.8 Å². The molecule has 1 aromatic carbocycles. The molecule has 0 aliphatic rings. The van der Waals surface area contributed by atoms with Crippen LogP contribution >= 0.6 is 15.9 Å². The molecule has 3 heteroatoms. The standard InChI is InChI=1S/C13H20BrNO/c1-15-13(4-3-9-16-2)10-11-5-7-12(14)8-6-11/h5-8,13,15H,3-4,9-10H2,1-2H3. The summed E-state index contributed by atoms with van der Waals surface area (Å²) in [5.74, 6) is 0. The lowest BCUT2D eigenvalue weighted by molar-refractivity contribution is 0.189. The zero-order valence-corrected chi connectivity index (χ0v) is 11.6. The van der Waals surface area contributed by atoms with Crippen molar-refractivity contribution in [1.82, 2.24) is 5.32 Å². The number of likely N-dealkylation sites (N-methyl/N-ethyl adjacent to an activating group) is 1.